The Morgan fingerprint density at radius 2 is 1.23 bits per heavy atom. The van der Waals surface area contributed by atoms with Gasteiger partial charge in [0.2, 0.25) is 0 Å². The van der Waals surface area contributed by atoms with Crippen LogP contribution in [0, 0.1) is 0 Å². The summed E-state index contributed by atoms with van der Waals surface area (Å²) in [5.41, 5.74) is 1.13. The molecular formula is C32H38O11S5. The highest BCUT2D eigenvalue weighted by molar-refractivity contribution is 8.13. The molecule has 0 aliphatic heterocycles. The third kappa shape index (κ3) is 13.2. The van der Waals surface area contributed by atoms with E-state index in [-0.39, 0.29) is 22.7 Å². The third-order valence-electron chi connectivity index (χ3n) is 5.24. The summed E-state index contributed by atoms with van der Waals surface area (Å²) >= 11 is 6.00. The lowest BCUT2D eigenvalue weighted by atomic mass is 10.1. The van der Waals surface area contributed by atoms with Crippen LogP contribution in [0.25, 0.3) is 29.3 Å². The summed E-state index contributed by atoms with van der Waals surface area (Å²) in [6.45, 7) is 17.0. The van der Waals surface area contributed by atoms with Gasteiger partial charge in [-0.05, 0) is 42.3 Å². The summed E-state index contributed by atoms with van der Waals surface area (Å²) in [4.78, 5) is 60.8. The highest BCUT2D eigenvalue weighted by Crippen LogP contribution is 2.48. The second kappa shape index (κ2) is 23.0. The molecule has 0 bridgehead atoms. The van der Waals surface area contributed by atoms with Crippen molar-refractivity contribution >= 4 is 91.2 Å². The van der Waals surface area contributed by atoms with Gasteiger partial charge in [0.1, 0.15) is 0 Å². The van der Waals surface area contributed by atoms with Gasteiger partial charge in [0.05, 0.1) is 29.8 Å². The molecule has 0 fully saturated rings. The van der Waals surface area contributed by atoms with Crippen molar-refractivity contribution in [1.82, 2.24) is 0 Å². The molecule has 48 heavy (non-hydrogen) atoms. The number of carbonyl (C=O) groups is 4. The number of allylic oxidation sites excluding steroid dienone is 1. The molecule has 0 aliphatic rings. The van der Waals surface area contributed by atoms with Crippen LogP contribution in [0.4, 0.5) is 0 Å². The van der Waals surface area contributed by atoms with Gasteiger partial charge in [-0.3, -0.25) is 14.5 Å². The van der Waals surface area contributed by atoms with Crippen LogP contribution in [0.2, 0.25) is 0 Å². The number of carboxylic acid groups (broad SMARTS) is 3. The lowest BCUT2D eigenvalue weighted by Gasteiger charge is -2.05. The van der Waals surface area contributed by atoms with Gasteiger partial charge < -0.3 is 25.5 Å². The molecule has 3 aromatic heterocycles. The maximum absolute atomic E-state index is 12.0. The number of thiophene rings is 3. The molecule has 0 aliphatic carbocycles. The van der Waals surface area contributed by atoms with E-state index in [0.717, 1.165) is 57.3 Å². The number of aliphatic carboxylic acids is 3. The van der Waals surface area contributed by atoms with Gasteiger partial charge in [-0.1, -0.05) is 63.2 Å². The summed E-state index contributed by atoms with van der Waals surface area (Å²) in [7, 11) is 3.21. The van der Waals surface area contributed by atoms with Gasteiger partial charge in [0.15, 0.2) is 0 Å². The predicted octanol–water partition coefficient (Wildman–Crippen LogP) is 7.72. The molecule has 0 amide bonds. The Balaban J connectivity index is 0.00000348. The fourth-order valence-corrected chi connectivity index (χ4v) is 8.69. The van der Waals surface area contributed by atoms with Gasteiger partial charge in [-0.15, -0.1) is 34.0 Å². The maximum atomic E-state index is 12.0. The fraction of sp³-hybridized carbons (Fsp3) is 0.250. The van der Waals surface area contributed by atoms with Crippen molar-refractivity contribution in [2.45, 2.75) is 33.6 Å². The van der Waals surface area contributed by atoms with Crippen molar-refractivity contribution in [3.8, 4) is 19.5 Å². The molecule has 0 saturated carbocycles. The van der Waals surface area contributed by atoms with Crippen molar-refractivity contribution in [3.63, 3.8) is 0 Å². The molecular weight excluding hydrogens is 721 g/mol. The standard InChI is InChI=1S/C28H24O9S5.C2H6.2CH4O/c1-6-18(39-15(4)28(35)37-36-5)22-10-17(12-24(31)32)26(42-22)20-8-7-19(40-20)25-16(11-23(29)30)9-21(41-25)13(2)38-14(3)27(33)34;3*1-2/h6-10H,2-4,11-12H2,1,5H3,(H,29,30)(H,31,32)(H,33,34);1-2H3;2*2H,1H3/b18-6-;;;. The number of hydrogen-bond acceptors (Lipinski definition) is 13. The zero-order valence-corrected chi connectivity index (χ0v) is 31.2. The lowest BCUT2D eigenvalue weighted by Crippen LogP contribution is -2.03. The predicted molar refractivity (Wildman–Crippen MR) is 198 cm³/mol. The zero-order chi connectivity index (χ0) is 37.1. The van der Waals surface area contributed by atoms with E-state index in [2.05, 4.69) is 29.5 Å². The maximum Gasteiger partial charge on any atom is 0.379 e. The first kappa shape index (κ1) is 44.5. The van der Waals surface area contributed by atoms with E-state index in [1.165, 1.54) is 41.1 Å². The summed E-state index contributed by atoms with van der Waals surface area (Å²) in [5.74, 6) is -3.94. The second-order valence-electron chi connectivity index (χ2n) is 8.20. The molecule has 3 aromatic rings. The number of thioether (sulfide) groups is 2. The molecule has 0 atom stereocenters. The normalized spacial score (nSPS) is 10.2. The van der Waals surface area contributed by atoms with Crippen LogP contribution in [0.3, 0.4) is 0 Å². The topological polar surface area (TPSA) is 188 Å². The molecule has 0 radical (unpaired) electrons. The number of rotatable bonds is 15. The van der Waals surface area contributed by atoms with E-state index in [0.29, 0.717) is 30.7 Å². The van der Waals surface area contributed by atoms with Crippen molar-refractivity contribution in [3.05, 3.63) is 80.8 Å². The van der Waals surface area contributed by atoms with Gasteiger partial charge in [0, 0.05) is 53.3 Å². The fourth-order valence-electron chi connectivity index (χ4n) is 3.49. The average molecular weight is 759 g/mol. The minimum atomic E-state index is -1.17. The molecule has 0 aromatic carbocycles. The largest absolute Gasteiger partial charge is 0.481 e. The number of aliphatic hydroxyl groups is 2. The Labute approximate surface area is 299 Å². The monoisotopic (exact) mass is 758 g/mol. The van der Waals surface area contributed by atoms with Crippen LogP contribution in [-0.4, -0.2) is 70.7 Å². The number of carbonyl (C=O) groups excluding carboxylic acids is 1. The Hall–Kier alpha value is -3.48. The summed E-state index contributed by atoms with van der Waals surface area (Å²) in [5, 5.41) is 42.2. The quantitative estimate of drug-likeness (QED) is 0.0576. The van der Waals surface area contributed by atoms with Crippen LogP contribution < -0.4 is 0 Å². The summed E-state index contributed by atoms with van der Waals surface area (Å²) in [6, 6.07) is 7.14. The van der Waals surface area contributed by atoms with Crippen LogP contribution in [0.15, 0.2) is 59.9 Å². The Morgan fingerprint density at radius 1 is 0.771 bits per heavy atom. The highest BCUT2D eigenvalue weighted by Gasteiger charge is 2.22. The molecule has 11 nitrogen and oxygen atoms in total. The molecule has 0 unspecified atom stereocenters. The lowest BCUT2D eigenvalue weighted by molar-refractivity contribution is -0.249. The Kier molecular flexibility index (Phi) is 21.3. The third-order valence-corrected chi connectivity index (χ3v) is 11.4. The molecule has 3 rings (SSSR count). The van der Waals surface area contributed by atoms with Crippen molar-refractivity contribution < 1.29 is 54.5 Å². The Bertz CT molecular complexity index is 1630. The van der Waals surface area contributed by atoms with Crippen LogP contribution in [-0.2, 0) is 41.8 Å². The number of hydrogen-bond donors (Lipinski definition) is 5. The summed E-state index contributed by atoms with van der Waals surface area (Å²) in [6.07, 6.45) is 1.30. The number of carboxylic acids is 3. The molecule has 262 valence electrons. The summed E-state index contributed by atoms with van der Waals surface area (Å²) < 4.78 is 0. The average Bonchev–Trinajstić information content (AvgIpc) is 3.81. The SMILES string of the molecule is C=C(SC(=C)c1cc(CC(=O)O)c(-c2ccc(-c3sc(/C(=C/C)SC(=C)C(=O)OOC)cc3CC(=O)O)s2)s1)C(=O)O.CC.CO.CO. The molecule has 0 saturated heterocycles. The minimum absolute atomic E-state index is 0.0873. The van der Waals surface area contributed by atoms with E-state index >= 15 is 0 Å². The van der Waals surface area contributed by atoms with E-state index in [4.69, 9.17) is 15.3 Å². The van der Waals surface area contributed by atoms with E-state index in [1.54, 1.807) is 25.1 Å². The first-order valence-corrected chi connectivity index (χ1v) is 17.7. The van der Waals surface area contributed by atoms with Crippen molar-refractivity contribution in [1.29, 1.82) is 0 Å². The first-order valence-electron chi connectivity index (χ1n) is 13.6. The van der Waals surface area contributed by atoms with Crippen molar-refractivity contribution in [2.75, 3.05) is 21.3 Å². The van der Waals surface area contributed by atoms with Crippen LogP contribution in [0.1, 0.15) is 41.7 Å². The smallest absolute Gasteiger partial charge is 0.379 e. The number of aliphatic hydroxyl groups excluding tert-OH is 2. The minimum Gasteiger partial charge on any atom is -0.481 e. The molecule has 3 heterocycles. The van der Waals surface area contributed by atoms with E-state index < -0.39 is 23.9 Å². The van der Waals surface area contributed by atoms with E-state index in [9.17, 15) is 29.4 Å². The van der Waals surface area contributed by atoms with Crippen molar-refractivity contribution in [2.24, 2.45) is 0 Å². The van der Waals surface area contributed by atoms with E-state index in [1.807, 2.05) is 26.0 Å². The first-order chi connectivity index (χ1) is 22.8. The van der Waals surface area contributed by atoms with Gasteiger partial charge in [-0.25, -0.2) is 9.59 Å². The van der Waals surface area contributed by atoms with Gasteiger partial charge >= 0.3 is 23.9 Å². The van der Waals surface area contributed by atoms with Crippen LogP contribution in [0.5, 0.6) is 0 Å². The molecule has 16 heteroatoms. The van der Waals surface area contributed by atoms with Gasteiger partial charge in [-0.2, -0.15) is 4.89 Å². The van der Waals surface area contributed by atoms with Crippen LogP contribution >= 0.6 is 57.5 Å². The molecule has 0 spiro atoms. The zero-order valence-electron chi connectivity index (χ0n) is 27.1. The Morgan fingerprint density at radius 3 is 1.65 bits per heavy atom. The second-order valence-corrected chi connectivity index (χ2v) is 13.7. The van der Waals surface area contributed by atoms with Gasteiger partial charge in [0.25, 0.3) is 0 Å². The highest BCUT2D eigenvalue weighted by atomic mass is 32.2. The molecule has 5 N–H and O–H groups in total.